The van der Waals surface area contributed by atoms with E-state index in [1.165, 1.54) is 0 Å². The maximum atomic E-state index is 13.1. The number of piperidine rings is 1. The normalized spacial score (nSPS) is 22.9. The molecule has 154 valence electrons. The summed E-state index contributed by atoms with van der Waals surface area (Å²) < 4.78 is 5.28. The standard InChI is InChI=1S/C21H29ClN2O4/c1-14(2)18(23-19(25)15-7-12-28-13-15)20(26)24-10-8-21(27,9-11-24)16-3-5-17(22)6-4-16/h3-6,14-15,18,27H,7-13H2,1-2H3,(H,23,25)/t15?,18-/m1/s1. The van der Waals surface area contributed by atoms with Gasteiger partial charge in [0.1, 0.15) is 6.04 Å². The molecule has 2 atom stereocenters. The molecule has 1 aromatic rings. The van der Waals surface area contributed by atoms with Gasteiger partial charge in [0.05, 0.1) is 18.1 Å². The van der Waals surface area contributed by atoms with E-state index in [9.17, 15) is 14.7 Å². The lowest BCUT2D eigenvalue weighted by Crippen LogP contribution is -2.55. The van der Waals surface area contributed by atoms with Crippen molar-refractivity contribution >= 4 is 23.4 Å². The Labute approximate surface area is 171 Å². The van der Waals surface area contributed by atoms with Crippen molar-refractivity contribution in [2.45, 2.75) is 44.8 Å². The van der Waals surface area contributed by atoms with Gasteiger partial charge in [-0.3, -0.25) is 9.59 Å². The summed E-state index contributed by atoms with van der Waals surface area (Å²) in [5, 5.41) is 14.6. The zero-order chi connectivity index (χ0) is 20.3. The first-order valence-corrected chi connectivity index (χ1v) is 10.3. The van der Waals surface area contributed by atoms with E-state index in [2.05, 4.69) is 5.32 Å². The van der Waals surface area contributed by atoms with E-state index in [4.69, 9.17) is 16.3 Å². The number of hydrogen-bond acceptors (Lipinski definition) is 4. The molecule has 6 nitrogen and oxygen atoms in total. The number of rotatable bonds is 5. The van der Waals surface area contributed by atoms with Crippen molar-refractivity contribution in [2.75, 3.05) is 26.3 Å². The molecular weight excluding hydrogens is 380 g/mol. The van der Waals surface area contributed by atoms with Crippen LogP contribution in [0.2, 0.25) is 5.02 Å². The molecule has 2 saturated heterocycles. The van der Waals surface area contributed by atoms with Gasteiger partial charge in [0.2, 0.25) is 11.8 Å². The molecule has 0 aliphatic carbocycles. The summed E-state index contributed by atoms with van der Waals surface area (Å²) in [6.45, 7) is 5.77. The lowest BCUT2D eigenvalue weighted by atomic mass is 9.84. The third-order valence-corrected chi connectivity index (χ3v) is 6.07. The molecular formula is C21H29ClN2O4. The Balaban J connectivity index is 1.61. The molecule has 2 aliphatic heterocycles. The van der Waals surface area contributed by atoms with E-state index in [1.807, 2.05) is 26.0 Å². The maximum Gasteiger partial charge on any atom is 0.245 e. The number of halogens is 1. The smallest absolute Gasteiger partial charge is 0.245 e. The molecule has 2 aliphatic rings. The summed E-state index contributed by atoms with van der Waals surface area (Å²) in [6, 6.07) is 6.64. The lowest BCUT2D eigenvalue weighted by molar-refractivity contribution is -0.142. The summed E-state index contributed by atoms with van der Waals surface area (Å²) in [4.78, 5) is 27.3. The highest BCUT2D eigenvalue weighted by Gasteiger charge is 2.38. The van der Waals surface area contributed by atoms with Crippen molar-refractivity contribution in [3.05, 3.63) is 34.9 Å². The topological polar surface area (TPSA) is 78.9 Å². The Morgan fingerprint density at radius 3 is 2.43 bits per heavy atom. The highest BCUT2D eigenvalue weighted by molar-refractivity contribution is 6.30. The molecule has 3 rings (SSSR count). The molecule has 28 heavy (non-hydrogen) atoms. The highest BCUT2D eigenvalue weighted by Crippen LogP contribution is 2.33. The number of likely N-dealkylation sites (tertiary alicyclic amines) is 1. The number of amides is 2. The molecule has 2 fully saturated rings. The number of ether oxygens (including phenoxy) is 1. The maximum absolute atomic E-state index is 13.1. The van der Waals surface area contributed by atoms with Crippen molar-refractivity contribution in [3.8, 4) is 0 Å². The number of carbonyl (C=O) groups is 2. The van der Waals surface area contributed by atoms with Crippen molar-refractivity contribution < 1.29 is 19.4 Å². The summed E-state index contributed by atoms with van der Waals surface area (Å²) in [5.74, 6) is -0.388. The lowest BCUT2D eigenvalue weighted by Gasteiger charge is -2.40. The molecule has 0 saturated carbocycles. The van der Waals surface area contributed by atoms with E-state index in [0.717, 1.165) is 5.56 Å². The van der Waals surface area contributed by atoms with Crippen LogP contribution < -0.4 is 5.32 Å². The van der Waals surface area contributed by atoms with E-state index < -0.39 is 11.6 Å². The molecule has 2 amide bonds. The fourth-order valence-electron chi connectivity index (χ4n) is 3.87. The first-order chi connectivity index (χ1) is 13.3. The van der Waals surface area contributed by atoms with Gasteiger partial charge in [0.25, 0.3) is 0 Å². The van der Waals surface area contributed by atoms with Crippen LogP contribution in [0.5, 0.6) is 0 Å². The van der Waals surface area contributed by atoms with Gasteiger partial charge < -0.3 is 20.1 Å². The van der Waals surface area contributed by atoms with Gasteiger partial charge in [-0.1, -0.05) is 37.6 Å². The summed E-state index contributed by atoms with van der Waals surface area (Å²) in [7, 11) is 0. The summed E-state index contributed by atoms with van der Waals surface area (Å²) >= 11 is 5.94. The van der Waals surface area contributed by atoms with Crippen LogP contribution in [0.25, 0.3) is 0 Å². The Morgan fingerprint density at radius 1 is 1.25 bits per heavy atom. The Kier molecular flexibility index (Phi) is 6.63. The Bertz CT molecular complexity index is 693. The molecule has 2 N–H and O–H groups in total. The number of benzene rings is 1. The zero-order valence-electron chi connectivity index (χ0n) is 16.5. The molecule has 0 bridgehead atoms. The van der Waals surface area contributed by atoms with E-state index in [-0.39, 0.29) is 23.7 Å². The molecule has 0 spiro atoms. The average molecular weight is 409 g/mol. The van der Waals surface area contributed by atoms with Gasteiger partial charge in [-0.2, -0.15) is 0 Å². The van der Waals surface area contributed by atoms with Gasteiger partial charge in [-0.15, -0.1) is 0 Å². The molecule has 0 radical (unpaired) electrons. The van der Waals surface area contributed by atoms with Crippen molar-refractivity contribution in [3.63, 3.8) is 0 Å². The van der Waals surface area contributed by atoms with Crippen LogP contribution in [0, 0.1) is 11.8 Å². The number of carbonyl (C=O) groups excluding carboxylic acids is 2. The monoisotopic (exact) mass is 408 g/mol. The van der Waals surface area contributed by atoms with E-state index in [1.54, 1.807) is 17.0 Å². The Morgan fingerprint density at radius 2 is 1.89 bits per heavy atom. The van der Waals surface area contributed by atoms with Gasteiger partial charge in [-0.25, -0.2) is 0 Å². The SMILES string of the molecule is CC(C)[C@@H](NC(=O)C1CCOC1)C(=O)N1CCC(O)(c2ccc(Cl)cc2)CC1. The third kappa shape index (κ3) is 4.67. The summed E-state index contributed by atoms with van der Waals surface area (Å²) in [5.41, 5.74) is -0.141. The molecule has 1 unspecified atom stereocenters. The summed E-state index contributed by atoms with van der Waals surface area (Å²) in [6.07, 6.45) is 1.61. The molecule has 2 heterocycles. The van der Waals surface area contributed by atoms with Crippen LogP contribution in [0.4, 0.5) is 0 Å². The minimum absolute atomic E-state index is 0.0177. The zero-order valence-corrected chi connectivity index (χ0v) is 17.2. The van der Waals surface area contributed by atoms with Crippen molar-refractivity contribution in [1.29, 1.82) is 0 Å². The van der Waals surface area contributed by atoms with Crippen LogP contribution in [0.1, 0.15) is 38.7 Å². The molecule has 1 aromatic carbocycles. The Hall–Kier alpha value is -1.63. The first-order valence-electron chi connectivity index (χ1n) is 9.95. The second-order valence-corrected chi connectivity index (χ2v) is 8.59. The van der Waals surface area contributed by atoms with Crippen LogP contribution in [0.3, 0.4) is 0 Å². The number of hydrogen-bond donors (Lipinski definition) is 2. The van der Waals surface area contributed by atoms with Gasteiger partial charge in [-0.05, 0) is 42.9 Å². The second kappa shape index (κ2) is 8.80. The number of nitrogens with one attached hydrogen (secondary N) is 1. The highest BCUT2D eigenvalue weighted by atomic mass is 35.5. The number of nitrogens with zero attached hydrogens (tertiary/aromatic N) is 1. The van der Waals surface area contributed by atoms with E-state index >= 15 is 0 Å². The third-order valence-electron chi connectivity index (χ3n) is 5.81. The largest absolute Gasteiger partial charge is 0.385 e. The van der Waals surface area contributed by atoms with E-state index in [0.29, 0.717) is 50.6 Å². The quantitative estimate of drug-likeness (QED) is 0.783. The number of aliphatic hydroxyl groups is 1. The fraction of sp³-hybridized carbons (Fsp3) is 0.619. The predicted molar refractivity (Wildman–Crippen MR) is 107 cm³/mol. The van der Waals surface area contributed by atoms with Crippen LogP contribution >= 0.6 is 11.6 Å². The van der Waals surface area contributed by atoms with Gasteiger partial charge in [0.15, 0.2) is 0 Å². The van der Waals surface area contributed by atoms with Crippen molar-refractivity contribution in [1.82, 2.24) is 10.2 Å². The van der Waals surface area contributed by atoms with Gasteiger partial charge in [0, 0.05) is 24.7 Å². The molecule has 7 heteroatoms. The van der Waals surface area contributed by atoms with Crippen molar-refractivity contribution in [2.24, 2.45) is 11.8 Å². The molecule has 0 aromatic heterocycles. The second-order valence-electron chi connectivity index (χ2n) is 8.15. The minimum atomic E-state index is -0.959. The van der Waals surface area contributed by atoms with Crippen LogP contribution in [0.15, 0.2) is 24.3 Å². The average Bonchev–Trinajstić information content (AvgIpc) is 3.21. The fourth-order valence-corrected chi connectivity index (χ4v) is 3.99. The van der Waals surface area contributed by atoms with Crippen LogP contribution in [-0.2, 0) is 19.9 Å². The van der Waals surface area contributed by atoms with Crippen LogP contribution in [-0.4, -0.2) is 54.2 Å². The predicted octanol–water partition coefficient (Wildman–Crippen LogP) is 2.33. The van der Waals surface area contributed by atoms with Gasteiger partial charge >= 0.3 is 0 Å². The first kappa shape index (κ1) is 21.1. The minimum Gasteiger partial charge on any atom is -0.385 e.